The van der Waals surface area contributed by atoms with Crippen molar-refractivity contribution in [2.24, 2.45) is 0 Å². The summed E-state index contributed by atoms with van der Waals surface area (Å²) in [6, 6.07) is 7.15. The summed E-state index contributed by atoms with van der Waals surface area (Å²) in [6.07, 6.45) is -6.10. The molecule has 3 amide bonds. The van der Waals surface area contributed by atoms with Crippen LogP contribution in [-0.2, 0) is 46.4 Å². The fraction of sp³-hybridized carbons (Fsp3) is 0.441. The number of ether oxygens (including phenoxy) is 1. The summed E-state index contributed by atoms with van der Waals surface area (Å²) >= 11 is 0. The number of hydrogen-bond donors (Lipinski definition) is 3. The highest BCUT2D eigenvalue weighted by Gasteiger charge is 2.40. The number of hydrogen-bond acceptors (Lipinski definition) is 7. The largest absolute Gasteiger partial charge is 0.451 e. The van der Waals surface area contributed by atoms with Gasteiger partial charge in [0, 0.05) is 37.3 Å². The summed E-state index contributed by atoms with van der Waals surface area (Å²) in [5.41, 5.74) is -0.0333. The lowest BCUT2D eigenvalue weighted by Gasteiger charge is -2.30. The van der Waals surface area contributed by atoms with E-state index in [0.29, 0.717) is 12.1 Å². The first kappa shape index (κ1) is 38.7. The van der Waals surface area contributed by atoms with Gasteiger partial charge in [-0.1, -0.05) is 36.9 Å². The molecule has 3 atom stereocenters. The summed E-state index contributed by atoms with van der Waals surface area (Å²) in [4.78, 5) is 40.8. The molecule has 276 valence electrons. The van der Waals surface area contributed by atoms with Crippen molar-refractivity contribution in [1.29, 1.82) is 0 Å². The maximum atomic E-state index is 14.7. The van der Waals surface area contributed by atoms with Gasteiger partial charge in [-0.3, -0.25) is 9.59 Å². The topological polar surface area (TPSA) is 130 Å². The summed E-state index contributed by atoms with van der Waals surface area (Å²) < 4.78 is 88.6. The van der Waals surface area contributed by atoms with Crippen molar-refractivity contribution in [2.45, 2.75) is 89.9 Å². The zero-order valence-electron chi connectivity index (χ0n) is 28.4. The van der Waals surface area contributed by atoms with Crippen molar-refractivity contribution in [3.63, 3.8) is 0 Å². The Morgan fingerprint density at radius 3 is 2.24 bits per heavy atom. The van der Waals surface area contributed by atoms with Crippen LogP contribution in [0.1, 0.15) is 56.9 Å². The molecule has 51 heavy (non-hydrogen) atoms. The fourth-order valence-corrected chi connectivity index (χ4v) is 5.41. The average molecular weight is 724 g/mol. The van der Waals surface area contributed by atoms with Crippen molar-refractivity contribution < 1.29 is 45.5 Å². The lowest BCUT2D eigenvalue weighted by Crippen LogP contribution is -2.51. The Hall–Kier alpha value is -5.09. The molecule has 11 nitrogen and oxygen atoms in total. The number of nitrogens with one attached hydrogen (secondary N) is 3. The number of carbonyl (C=O) groups excluding carboxylic acids is 3. The van der Waals surface area contributed by atoms with Crippen LogP contribution in [0.5, 0.6) is 0 Å². The number of benzene rings is 2. The van der Waals surface area contributed by atoms with Gasteiger partial charge < -0.3 is 30.2 Å². The van der Waals surface area contributed by atoms with Crippen LogP contribution in [0.15, 0.2) is 54.7 Å². The van der Waals surface area contributed by atoms with Crippen molar-refractivity contribution >= 4 is 17.9 Å². The molecule has 2 aromatic carbocycles. The van der Waals surface area contributed by atoms with E-state index < -0.39 is 83.9 Å². The SMILES string of the molecule is C=C(NC(C)C(=O)NC(CC(=O)N1CCn2c(nnc2C(F)(F)F)C1)Cc1cc(F)c(F)cc1F)C(Cc1ccccc1)NC(=O)OC(C)(C)C. The molecule has 17 heteroatoms. The molecule has 4 rings (SSSR count). The normalized spacial score (nSPS) is 14.9. The molecule has 0 saturated carbocycles. The molecule has 0 fully saturated rings. The first-order valence-corrected chi connectivity index (χ1v) is 16.0. The van der Waals surface area contributed by atoms with Crippen LogP contribution < -0.4 is 16.0 Å². The van der Waals surface area contributed by atoms with E-state index in [9.17, 15) is 40.7 Å². The van der Waals surface area contributed by atoms with E-state index in [-0.39, 0.29) is 43.1 Å². The minimum Gasteiger partial charge on any atom is -0.444 e. The summed E-state index contributed by atoms with van der Waals surface area (Å²) in [6.45, 7) is 9.89. The Balaban J connectivity index is 1.49. The molecule has 1 aliphatic heterocycles. The number of carbonyl (C=O) groups is 3. The fourth-order valence-electron chi connectivity index (χ4n) is 5.41. The zero-order valence-corrected chi connectivity index (χ0v) is 28.4. The number of nitrogens with zero attached hydrogens (tertiary/aromatic N) is 4. The molecule has 3 unspecified atom stereocenters. The van der Waals surface area contributed by atoms with Crippen molar-refractivity contribution in [1.82, 2.24) is 35.6 Å². The van der Waals surface area contributed by atoms with Crippen LogP contribution in [-0.4, -0.2) is 67.8 Å². The van der Waals surface area contributed by atoms with Crippen molar-refractivity contribution in [2.75, 3.05) is 6.54 Å². The molecule has 3 aromatic rings. The third kappa shape index (κ3) is 10.7. The van der Waals surface area contributed by atoms with E-state index in [1.165, 1.54) is 11.8 Å². The standard InChI is InChI=1S/C34H39F6N7O4/c1-19(27(13-21-9-7-6-8-10-21)43-32(50)51-33(3,4)5)41-20(2)30(49)42-23(14-22-15-25(36)26(37)17-24(22)35)16-29(48)46-11-12-47-28(18-46)44-45-31(47)34(38,39)40/h6-10,15,17,20,23,27,41H,1,11-14,16,18H2,2-5H3,(H,42,49)(H,43,50). The van der Waals surface area contributed by atoms with E-state index in [2.05, 4.69) is 32.7 Å². The molecule has 2 heterocycles. The molecular formula is C34H39F6N7O4. The maximum absolute atomic E-state index is 14.7. The maximum Gasteiger partial charge on any atom is 0.451 e. The molecule has 0 saturated heterocycles. The number of rotatable bonds is 12. The second-order valence-electron chi connectivity index (χ2n) is 13.2. The highest BCUT2D eigenvalue weighted by Crippen LogP contribution is 2.29. The van der Waals surface area contributed by atoms with Gasteiger partial charge in [0.2, 0.25) is 17.6 Å². The first-order chi connectivity index (χ1) is 23.8. The van der Waals surface area contributed by atoms with Gasteiger partial charge in [0.05, 0.1) is 12.6 Å². The molecule has 3 N–H and O–H groups in total. The van der Waals surface area contributed by atoms with Crippen LogP contribution >= 0.6 is 0 Å². The van der Waals surface area contributed by atoms with Gasteiger partial charge in [-0.15, -0.1) is 10.2 Å². The molecule has 0 radical (unpaired) electrons. The number of amides is 3. The number of alkyl halides is 3. The Bertz CT molecular complexity index is 1740. The van der Waals surface area contributed by atoms with Crippen molar-refractivity contribution in [3.8, 4) is 0 Å². The van der Waals surface area contributed by atoms with Gasteiger partial charge in [-0.25, -0.2) is 18.0 Å². The highest BCUT2D eigenvalue weighted by atomic mass is 19.4. The van der Waals surface area contributed by atoms with Gasteiger partial charge in [0.25, 0.3) is 0 Å². The summed E-state index contributed by atoms with van der Waals surface area (Å²) in [5, 5.41) is 15.1. The van der Waals surface area contributed by atoms with Gasteiger partial charge in [-0.05, 0) is 57.7 Å². The monoisotopic (exact) mass is 723 g/mol. The number of alkyl carbamates (subject to hydrolysis) is 1. The van der Waals surface area contributed by atoms with E-state index in [1.807, 2.05) is 30.3 Å². The minimum absolute atomic E-state index is 0.101. The highest BCUT2D eigenvalue weighted by molar-refractivity contribution is 5.83. The Kier molecular flexibility index (Phi) is 12.0. The lowest BCUT2D eigenvalue weighted by molar-refractivity contribution is -0.148. The van der Waals surface area contributed by atoms with Crippen LogP contribution in [0.2, 0.25) is 0 Å². The molecule has 0 aliphatic carbocycles. The third-order valence-corrected chi connectivity index (χ3v) is 7.87. The van der Waals surface area contributed by atoms with Gasteiger partial charge in [-0.2, -0.15) is 13.2 Å². The third-order valence-electron chi connectivity index (χ3n) is 7.87. The predicted molar refractivity (Wildman–Crippen MR) is 172 cm³/mol. The lowest BCUT2D eigenvalue weighted by atomic mass is 10.0. The second kappa shape index (κ2) is 15.9. The average Bonchev–Trinajstić information content (AvgIpc) is 3.47. The van der Waals surface area contributed by atoms with Gasteiger partial charge in [0.15, 0.2) is 17.5 Å². The number of aromatic nitrogens is 3. The molecule has 1 aromatic heterocycles. The van der Waals surface area contributed by atoms with Crippen molar-refractivity contribution in [3.05, 3.63) is 95.0 Å². The molecule has 0 bridgehead atoms. The summed E-state index contributed by atoms with van der Waals surface area (Å²) in [5.74, 6) is -6.49. The molecule has 0 spiro atoms. The Labute approximate surface area is 290 Å². The van der Waals surface area contributed by atoms with Crippen LogP contribution in [0, 0.1) is 17.5 Å². The van der Waals surface area contributed by atoms with Gasteiger partial charge >= 0.3 is 12.3 Å². The number of halogens is 6. The van der Waals surface area contributed by atoms with Crippen LogP contribution in [0.3, 0.4) is 0 Å². The quantitative estimate of drug-likeness (QED) is 0.181. The molecular weight excluding hydrogens is 684 g/mol. The Morgan fingerprint density at radius 1 is 0.922 bits per heavy atom. The first-order valence-electron chi connectivity index (χ1n) is 16.0. The van der Waals surface area contributed by atoms with Crippen LogP contribution in [0.4, 0.5) is 31.1 Å². The van der Waals surface area contributed by atoms with E-state index >= 15 is 0 Å². The Morgan fingerprint density at radius 2 is 1.59 bits per heavy atom. The van der Waals surface area contributed by atoms with E-state index in [1.54, 1.807) is 20.8 Å². The van der Waals surface area contributed by atoms with E-state index in [0.717, 1.165) is 10.1 Å². The van der Waals surface area contributed by atoms with Crippen LogP contribution in [0.25, 0.3) is 0 Å². The summed E-state index contributed by atoms with van der Waals surface area (Å²) in [7, 11) is 0. The zero-order chi connectivity index (χ0) is 37.7. The van der Waals surface area contributed by atoms with Gasteiger partial charge in [0.1, 0.15) is 17.5 Å². The smallest absolute Gasteiger partial charge is 0.444 e. The molecule has 1 aliphatic rings. The van der Waals surface area contributed by atoms with E-state index in [4.69, 9.17) is 4.74 Å². The number of fused-ring (bicyclic) bond motifs is 1. The minimum atomic E-state index is -4.75. The second-order valence-corrected chi connectivity index (χ2v) is 13.2. The predicted octanol–water partition coefficient (Wildman–Crippen LogP) is 4.80.